The van der Waals surface area contributed by atoms with E-state index in [0.29, 0.717) is 19.3 Å². The second-order valence-corrected chi connectivity index (χ2v) is 3.69. The van der Waals surface area contributed by atoms with Crippen LogP contribution in [0.25, 0.3) is 0 Å². The van der Waals surface area contributed by atoms with Crippen LogP contribution in [0.5, 0.6) is 0 Å². The van der Waals surface area contributed by atoms with Gasteiger partial charge in [0.2, 0.25) is 0 Å². The molecule has 1 saturated heterocycles. The maximum atomic E-state index is 5.71. The third-order valence-corrected chi connectivity index (χ3v) is 2.55. The maximum absolute atomic E-state index is 5.71. The molecule has 0 amide bonds. The molecule has 0 radical (unpaired) electrons. The molecule has 1 fully saturated rings. The van der Waals surface area contributed by atoms with Crippen molar-refractivity contribution in [2.75, 3.05) is 13.2 Å². The average molecular weight is 211 g/mol. The predicted octanol–water partition coefficient (Wildman–Crippen LogP) is 1.43. The first-order valence-corrected chi connectivity index (χ1v) is 5.35. The quantitative estimate of drug-likeness (QED) is 0.818. The summed E-state index contributed by atoms with van der Waals surface area (Å²) < 4.78 is 16.4. The lowest BCUT2D eigenvalue weighted by Crippen LogP contribution is -2.23. The molecule has 4 heteroatoms. The normalized spacial score (nSPS) is 18.2. The molecule has 0 aliphatic carbocycles. The fourth-order valence-electron chi connectivity index (χ4n) is 1.65. The van der Waals surface area contributed by atoms with Crippen LogP contribution >= 0.6 is 0 Å². The minimum absolute atomic E-state index is 0.310. The third kappa shape index (κ3) is 3.06. The second-order valence-electron chi connectivity index (χ2n) is 3.69. The van der Waals surface area contributed by atoms with Crippen molar-refractivity contribution in [3.63, 3.8) is 0 Å². The molecule has 1 aromatic rings. The standard InChI is InChI=1S/C11H17NO3/c12-7-10-1-2-11(15-10)8-14-9-3-5-13-6-4-9/h1-2,9H,3-8,12H2. The Labute approximate surface area is 89.3 Å². The van der Waals surface area contributed by atoms with Gasteiger partial charge in [0.15, 0.2) is 0 Å². The number of nitrogens with two attached hydrogens (primary N) is 1. The van der Waals surface area contributed by atoms with E-state index < -0.39 is 0 Å². The topological polar surface area (TPSA) is 57.6 Å². The number of furan rings is 1. The van der Waals surface area contributed by atoms with Crippen LogP contribution in [-0.2, 0) is 22.6 Å². The molecule has 0 saturated carbocycles. The van der Waals surface area contributed by atoms with Crippen molar-refractivity contribution in [3.8, 4) is 0 Å². The van der Waals surface area contributed by atoms with Crippen molar-refractivity contribution >= 4 is 0 Å². The summed E-state index contributed by atoms with van der Waals surface area (Å²) in [5.74, 6) is 1.66. The average Bonchev–Trinajstić information content (AvgIpc) is 2.76. The number of rotatable bonds is 4. The molecule has 0 aromatic carbocycles. The van der Waals surface area contributed by atoms with Gasteiger partial charge in [-0.25, -0.2) is 0 Å². The molecule has 2 heterocycles. The van der Waals surface area contributed by atoms with E-state index in [4.69, 9.17) is 19.6 Å². The van der Waals surface area contributed by atoms with Crippen LogP contribution in [0.15, 0.2) is 16.5 Å². The van der Waals surface area contributed by atoms with E-state index in [9.17, 15) is 0 Å². The maximum Gasteiger partial charge on any atom is 0.129 e. The van der Waals surface area contributed by atoms with Crippen LogP contribution < -0.4 is 5.73 Å². The molecule has 4 nitrogen and oxygen atoms in total. The minimum Gasteiger partial charge on any atom is -0.462 e. The van der Waals surface area contributed by atoms with Crippen LogP contribution in [-0.4, -0.2) is 19.3 Å². The van der Waals surface area contributed by atoms with E-state index in [2.05, 4.69) is 0 Å². The Morgan fingerprint density at radius 3 is 2.67 bits per heavy atom. The smallest absolute Gasteiger partial charge is 0.129 e. The molecule has 1 aromatic heterocycles. The lowest BCUT2D eigenvalue weighted by Gasteiger charge is -2.21. The Bertz CT molecular complexity index is 292. The van der Waals surface area contributed by atoms with Crippen LogP contribution in [0.3, 0.4) is 0 Å². The second kappa shape index (κ2) is 5.30. The van der Waals surface area contributed by atoms with E-state index >= 15 is 0 Å². The zero-order valence-electron chi connectivity index (χ0n) is 8.78. The first-order valence-electron chi connectivity index (χ1n) is 5.35. The van der Waals surface area contributed by atoms with Gasteiger partial charge in [-0.3, -0.25) is 0 Å². The Morgan fingerprint density at radius 1 is 1.27 bits per heavy atom. The summed E-state index contributed by atoms with van der Waals surface area (Å²) in [6.07, 6.45) is 2.26. The molecule has 0 unspecified atom stereocenters. The lowest BCUT2D eigenvalue weighted by molar-refractivity contribution is -0.0435. The van der Waals surface area contributed by atoms with Gasteiger partial charge in [-0.15, -0.1) is 0 Å². The van der Waals surface area contributed by atoms with Crippen LogP contribution in [0.2, 0.25) is 0 Å². The van der Waals surface area contributed by atoms with Gasteiger partial charge < -0.3 is 19.6 Å². The molecule has 1 aliphatic heterocycles. The third-order valence-electron chi connectivity index (χ3n) is 2.55. The summed E-state index contributed by atoms with van der Waals surface area (Å²) in [7, 11) is 0. The van der Waals surface area contributed by atoms with Crippen molar-refractivity contribution in [2.24, 2.45) is 5.73 Å². The largest absolute Gasteiger partial charge is 0.462 e. The molecule has 2 rings (SSSR count). The highest BCUT2D eigenvalue weighted by molar-refractivity contribution is 5.05. The Hall–Kier alpha value is -0.840. The molecule has 0 spiro atoms. The van der Waals surface area contributed by atoms with Gasteiger partial charge in [-0.1, -0.05) is 0 Å². The van der Waals surface area contributed by atoms with Gasteiger partial charge in [0.1, 0.15) is 18.1 Å². The van der Waals surface area contributed by atoms with Crippen LogP contribution in [0.1, 0.15) is 24.4 Å². The van der Waals surface area contributed by atoms with Crippen molar-refractivity contribution in [3.05, 3.63) is 23.7 Å². The van der Waals surface area contributed by atoms with Gasteiger partial charge in [0.25, 0.3) is 0 Å². The molecular weight excluding hydrogens is 194 g/mol. The van der Waals surface area contributed by atoms with Crippen molar-refractivity contribution < 1.29 is 13.9 Å². The number of hydrogen-bond donors (Lipinski definition) is 1. The summed E-state index contributed by atoms with van der Waals surface area (Å²) in [4.78, 5) is 0. The van der Waals surface area contributed by atoms with E-state index in [-0.39, 0.29) is 0 Å². The van der Waals surface area contributed by atoms with Crippen LogP contribution in [0, 0.1) is 0 Å². The fourth-order valence-corrected chi connectivity index (χ4v) is 1.65. The first kappa shape index (κ1) is 10.7. The molecule has 15 heavy (non-hydrogen) atoms. The van der Waals surface area contributed by atoms with Crippen molar-refractivity contribution in [1.29, 1.82) is 0 Å². The van der Waals surface area contributed by atoms with Gasteiger partial charge in [-0.2, -0.15) is 0 Å². The van der Waals surface area contributed by atoms with E-state index in [1.807, 2.05) is 12.1 Å². The van der Waals surface area contributed by atoms with E-state index in [0.717, 1.165) is 37.6 Å². The zero-order valence-corrected chi connectivity index (χ0v) is 8.78. The summed E-state index contributed by atoms with van der Waals surface area (Å²) >= 11 is 0. The first-order chi connectivity index (χ1) is 7.38. The van der Waals surface area contributed by atoms with Crippen LogP contribution in [0.4, 0.5) is 0 Å². The van der Waals surface area contributed by atoms with Gasteiger partial charge in [-0.05, 0) is 25.0 Å². The molecule has 1 aliphatic rings. The SMILES string of the molecule is NCc1ccc(COC2CCOCC2)o1. The molecule has 0 atom stereocenters. The van der Waals surface area contributed by atoms with Gasteiger partial charge in [0, 0.05) is 13.2 Å². The van der Waals surface area contributed by atoms with Crippen molar-refractivity contribution in [1.82, 2.24) is 0 Å². The molecule has 2 N–H and O–H groups in total. The van der Waals surface area contributed by atoms with E-state index in [1.54, 1.807) is 0 Å². The molecular formula is C11H17NO3. The van der Waals surface area contributed by atoms with Gasteiger partial charge >= 0.3 is 0 Å². The fraction of sp³-hybridized carbons (Fsp3) is 0.636. The minimum atomic E-state index is 0.310. The summed E-state index contributed by atoms with van der Waals surface area (Å²) in [5.41, 5.74) is 5.45. The Balaban J connectivity index is 1.76. The number of hydrogen-bond acceptors (Lipinski definition) is 4. The summed E-state index contributed by atoms with van der Waals surface area (Å²) in [6.45, 7) is 2.58. The highest BCUT2D eigenvalue weighted by atomic mass is 16.5. The van der Waals surface area contributed by atoms with Crippen molar-refractivity contribution in [2.45, 2.75) is 32.1 Å². The Kier molecular flexibility index (Phi) is 3.77. The highest BCUT2D eigenvalue weighted by Gasteiger charge is 2.14. The predicted molar refractivity (Wildman–Crippen MR) is 55.2 cm³/mol. The number of ether oxygens (including phenoxy) is 2. The zero-order chi connectivity index (χ0) is 10.5. The highest BCUT2D eigenvalue weighted by Crippen LogP contribution is 2.14. The summed E-state index contributed by atoms with van der Waals surface area (Å²) in [5, 5.41) is 0. The van der Waals surface area contributed by atoms with Gasteiger partial charge in [0.05, 0.1) is 12.6 Å². The Morgan fingerprint density at radius 2 is 2.00 bits per heavy atom. The monoisotopic (exact) mass is 211 g/mol. The molecule has 0 bridgehead atoms. The lowest BCUT2D eigenvalue weighted by atomic mass is 10.1. The molecule has 84 valence electrons. The van der Waals surface area contributed by atoms with E-state index in [1.165, 1.54) is 0 Å². The summed E-state index contributed by atoms with van der Waals surface area (Å²) in [6, 6.07) is 3.81.